The molecule has 10 aromatic carbocycles. The Hall–Kier alpha value is -8.14. The van der Waals surface area contributed by atoms with E-state index in [4.69, 9.17) is 4.74 Å². The van der Waals surface area contributed by atoms with Gasteiger partial charge in [-0.05, 0) is 110 Å². The van der Waals surface area contributed by atoms with Crippen LogP contribution in [0.3, 0.4) is 0 Å². The first-order valence-electron chi connectivity index (χ1n) is 22.1. The smallest absolute Gasteiger partial charge is 0.159 e. The summed E-state index contributed by atoms with van der Waals surface area (Å²) in [5.74, 6) is 1.66. The Labute approximate surface area is 374 Å². The predicted molar refractivity (Wildman–Crippen MR) is 267 cm³/mol. The maximum absolute atomic E-state index is 7.30. The van der Waals surface area contributed by atoms with Crippen molar-refractivity contribution in [2.45, 2.75) is 19.3 Å². The quantitative estimate of drug-likeness (QED) is 0.152. The average molecular weight is 821 g/mol. The van der Waals surface area contributed by atoms with Crippen LogP contribution in [0.15, 0.2) is 231 Å². The van der Waals surface area contributed by atoms with Crippen LogP contribution in [0.25, 0.3) is 55.3 Å². The van der Waals surface area contributed by atoms with Gasteiger partial charge in [0.2, 0.25) is 0 Å². The Kier molecular flexibility index (Phi) is 8.84. The number of hydrogen-bond acceptors (Lipinski definition) is 3. The molecule has 0 atom stereocenters. The molecule has 1 aliphatic heterocycles. The van der Waals surface area contributed by atoms with Gasteiger partial charge in [-0.1, -0.05) is 184 Å². The van der Waals surface area contributed by atoms with Crippen molar-refractivity contribution >= 4 is 44.9 Å². The van der Waals surface area contributed by atoms with Crippen molar-refractivity contribution in [3.8, 4) is 56.0 Å². The SMILES string of the molecule is CC1(C)c2ccccc2-c2cccc(N(c3ccc(-c4ccc(-c5ccccc5)cc4)cc3)c3cc4c5c(cccc5c3)-c3cccc(N(c5ccccc5)c5ccccc5)c3O4)c21. The number of anilines is 6. The summed E-state index contributed by atoms with van der Waals surface area (Å²) < 4.78 is 7.30. The zero-order chi connectivity index (χ0) is 42.8. The van der Waals surface area contributed by atoms with Gasteiger partial charge in [0, 0.05) is 39.5 Å². The number of ether oxygens (including phenoxy) is 1. The van der Waals surface area contributed by atoms with Gasteiger partial charge in [-0.25, -0.2) is 0 Å². The number of nitrogens with zero attached hydrogens (tertiary/aromatic N) is 2. The van der Waals surface area contributed by atoms with Crippen LogP contribution in [0, 0.1) is 0 Å². The lowest BCUT2D eigenvalue weighted by Gasteiger charge is -2.34. The van der Waals surface area contributed by atoms with Gasteiger partial charge in [-0.2, -0.15) is 0 Å². The van der Waals surface area contributed by atoms with Crippen molar-refractivity contribution < 1.29 is 4.74 Å². The molecule has 0 spiro atoms. The third kappa shape index (κ3) is 6.12. The molecule has 0 saturated carbocycles. The molecule has 304 valence electrons. The Morgan fingerprint density at radius 2 is 0.844 bits per heavy atom. The summed E-state index contributed by atoms with van der Waals surface area (Å²) in [4.78, 5) is 4.74. The van der Waals surface area contributed by atoms with Gasteiger partial charge in [0.15, 0.2) is 5.75 Å². The highest BCUT2D eigenvalue weighted by Gasteiger charge is 2.39. The molecule has 64 heavy (non-hydrogen) atoms. The third-order valence-corrected chi connectivity index (χ3v) is 13.2. The fourth-order valence-corrected chi connectivity index (χ4v) is 10.2. The van der Waals surface area contributed by atoms with E-state index in [0.29, 0.717) is 0 Å². The largest absolute Gasteiger partial charge is 0.454 e. The van der Waals surface area contributed by atoms with E-state index in [0.717, 1.165) is 67.5 Å². The zero-order valence-corrected chi connectivity index (χ0v) is 35.7. The molecule has 0 saturated heterocycles. The van der Waals surface area contributed by atoms with E-state index >= 15 is 0 Å². The second-order valence-corrected chi connectivity index (χ2v) is 17.3. The Balaban J connectivity index is 1.02. The first-order valence-corrected chi connectivity index (χ1v) is 22.1. The van der Waals surface area contributed by atoms with Crippen LogP contribution in [0.5, 0.6) is 11.5 Å². The Morgan fingerprint density at radius 1 is 0.359 bits per heavy atom. The van der Waals surface area contributed by atoms with Crippen LogP contribution >= 0.6 is 0 Å². The maximum Gasteiger partial charge on any atom is 0.159 e. The molecule has 3 heteroatoms. The molecule has 0 N–H and O–H groups in total. The highest BCUT2D eigenvalue weighted by molar-refractivity contribution is 6.08. The third-order valence-electron chi connectivity index (χ3n) is 13.2. The summed E-state index contributed by atoms with van der Waals surface area (Å²) in [6, 6.07) is 83.0. The molecular formula is C61H44N2O. The zero-order valence-electron chi connectivity index (χ0n) is 35.7. The molecule has 0 amide bonds. The minimum Gasteiger partial charge on any atom is -0.454 e. The van der Waals surface area contributed by atoms with Gasteiger partial charge < -0.3 is 14.5 Å². The van der Waals surface area contributed by atoms with Gasteiger partial charge in [0.1, 0.15) is 5.75 Å². The van der Waals surface area contributed by atoms with Crippen molar-refractivity contribution in [2.75, 3.05) is 9.80 Å². The molecule has 0 bridgehead atoms. The van der Waals surface area contributed by atoms with Crippen LogP contribution in [0.2, 0.25) is 0 Å². The number of para-hydroxylation sites is 3. The predicted octanol–water partition coefficient (Wildman–Crippen LogP) is 17.2. The van der Waals surface area contributed by atoms with Gasteiger partial charge in [0.25, 0.3) is 0 Å². The van der Waals surface area contributed by atoms with E-state index in [2.05, 4.69) is 254 Å². The molecule has 0 fully saturated rings. The first-order chi connectivity index (χ1) is 31.5. The van der Waals surface area contributed by atoms with E-state index in [1.165, 1.54) is 44.5 Å². The first kappa shape index (κ1) is 37.6. The van der Waals surface area contributed by atoms with Crippen molar-refractivity contribution in [3.05, 3.63) is 242 Å². The Morgan fingerprint density at radius 3 is 1.52 bits per heavy atom. The van der Waals surface area contributed by atoms with E-state index in [-0.39, 0.29) is 5.41 Å². The van der Waals surface area contributed by atoms with Crippen molar-refractivity contribution in [1.29, 1.82) is 0 Å². The van der Waals surface area contributed by atoms with Gasteiger partial charge in [-0.3, -0.25) is 0 Å². The second-order valence-electron chi connectivity index (χ2n) is 17.3. The summed E-state index contributed by atoms with van der Waals surface area (Å²) >= 11 is 0. The van der Waals surface area contributed by atoms with Crippen LogP contribution in [0.4, 0.5) is 34.1 Å². The topological polar surface area (TPSA) is 15.7 Å². The highest BCUT2D eigenvalue weighted by atomic mass is 16.5. The summed E-state index contributed by atoms with van der Waals surface area (Å²) in [6.07, 6.45) is 0. The lowest BCUT2D eigenvalue weighted by Crippen LogP contribution is -2.20. The standard InChI is InChI=1S/C61H44N2O/c1-61(2)54-28-13-12-24-50(54)52-26-15-29-55(59(52)61)63(48-37-35-44(36-38-48)43-33-31-42(32-34-43)41-17-6-3-7-18-41)49-39-45-19-14-25-51-53-27-16-30-56(60(53)64-57(40-49)58(45)51)62(46-20-8-4-9-21-46)47-22-10-5-11-23-47/h3-40H,1-2H3. The minimum absolute atomic E-state index is 0.234. The van der Waals surface area contributed by atoms with Crippen molar-refractivity contribution in [1.82, 2.24) is 0 Å². The molecule has 12 rings (SSSR count). The summed E-state index contributed by atoms with van der Waals surface area (Å²) in [7, 11) is 0. The molecule has 3 nitrogen and oxygen atoms in total. The van der Waals surface area contributed by atoms with Crippen LogP contribution in [-0.2, 0) is 5.41 Å². The van der Waals surface area contributed by atoms with Crippen molar-refractivity contribution in [3.63, 3.8) is 0 Å². The molecule has 2 aliphatic rings. The minimum atomic E-state index is -0.234. The average Bonchev–Trinajstić information content (AvgIpc) is 3.59. The van der Waals surface area contributed by atoms with E-state index in [9.17, 15) is 0 Å². The molecule has 0 radical (unpaired) electrons. The van der Waals surface area contributed by atoms with Gasteiger partial charge in [0.05, 0.1) is 17.1 Å². The molecule has 1 aliphatic carbocycles. The molecule has 10 aromatic rings. The lowest BCUT2D eigenvalue weighted by atomic mass is 9.81. The van der Waals surface area contributed by atoms with E-state index < -0.39 is 0 Å². The number of hydrogen-bond donors (Lipinski definition) is 0. The molecule has 1 heterocycles. The lowest BCUT2D eigenvalue weighted by molar-refractivity contribution is 0.488. The Bertz CT molecular complexity index is 3320. The molecular weight excluding hydrogens is 777 g/mol. The van der Waals surface area contributed by atoms with Crippen LogP contribution < -0.4 is 14.5 Å². The number of rotatable bonds is 8. The summed E-state index contributed by atoms with van der Waals surface area (Å²) in [5.41, 5.74) is 18.4. The van der Waals surface area contributed by atoms with Crippen LogP contribution in [0.1, 0.15) is 25.0 Å². The monoisotopic (exact) mass is 820 g/mol. The van der Waals surface area contributed by atoms with E-state index in [1.807, 2.05) is 0 Å². The molecule has 0 aromatic heterocycles. The van der Waals surface area contributed by atoms with Gasteiger partial charge in [-0.15, -0.1) is 0 Å². The van der Waals surface area contributed by atoms with Crippen molar-refractivity contribution in [2.24, 2.45) is 0 Å². The highest BCUT2D eigenvalue weighted by Crippen LogP contribution is 2.57. The fourth-order valence-electron chi connectivity index (χ4n) is 10.2. The number of benzene rings is 10. The van der Waals surface area contributed by atoms with E-state index in [1.54, 1.807) is 0 Å². The number of fused-ring (bicyclic) bond motifs is 5. The molecule has 0 unspecified atom stereocenters. The summed E-state index contributed by atoms with van der Waals surface area (Å²) in [6.45, 7) is 4.73. The van der Waals surface area contributed by atoms with Gasteiger partial charge >= 0.3 is 0 Å². The summed E-state index contributed by atoms with van der Waals surface area (Å²) in [5, 5.41) is 2.24. The second kappa shape index (κ2) is 15.0. The fraction of sp³-hybridized carbons (Fsp3) is 0.0492. The van der Waals surface area contributed by atoms with Crippen LogP contribution in [-0.4, -0.2) is 0 Å². The maximum atomic E-state index is 7.30. The normalized spacial score (nSPS) is 12.8.